The number of aromatic nitrogens is 4. The molecule has 1 aromatic carbocycles. The van der Waals surface area contributed by atoms with E-state index in [-0.39, 0.29) is 0 Å². The molecule has 0 amide bonds. The Kier molecular flexibility index (Phi) is 2.18. The van der Waals surface area contributed by atoms with Crippen LogP contribution in [0.15, 0.2) is 30.6 Å². The van der Waals surface area contributed by atoms with Crippen molar-refractivity contribution >= 4 is 10.9 Å². The molecule has 0 spiro atoms. The maximum absolute atomic E-state index is 4.14. The van der Waals surface area contributed by atoms with Crippen LogP contribution in [-0.4, -0.2) is 20.4 Å². The quantitative estimate of drug-likeness (QED) is 0.650. The molecule has 1 aliphatic rings. The Labute approximate surface area is 110 Å². The van der Waals surface area contributed by atoms with Gasteiger partial charge in [-0.3, -0.25) is 0 Å². The molecule has 3 aromatic rings. The van der Waals surface area contributed by atoms with Gasteiger partial charge in [-0.25, -0.2) is 0 Å². The van der Waals surface area contributed by atoms with E-state index < -0.39 is 0 Å². The van der Waals surface area contributed by atoms with Gasteiger partial charge in [0.15, 0.2) is 0 Å². The molecule has 0 unspecified atom stereocenters. The highest BCUT2D eigenvalue weighted by molar-refractivity contribution is 5.96. The van der Waals surface area contributed by atoms with Gasteiger partial charge in [0.25, 0.3) is 0 Å². The van der Waals surface area contributed by atoms with E-state index in [4.69, 9.17) is 0 Å². The Balaban J connectivity index is 1.88. The van der Waals surface area contributed by atoms with Crippen molar-refractivity contribution in [3.63, 3.8) is 0 Å². The average Bonchev–Trinajstić information content (AvgIpc) is 2.94. The van der Waals surface area contributed by atoms with Crippen molar-refractivity contribution in [2.45, 2.75) is 12.8 Å². The fourth-order valence-electron chi connectivity index (χ4n) is 2.22. The molecule has 2 heterocycles. The van der Waals surface area contributed by atoms with Crippen molar-refractivity contribution in [2.75, 3.05) is 0 Å². The summed E-state index contributed by atoms with van der Waals surface area (Å²) in [5.41, 5.74) is 4.03. The maximum atomic E-state index is 4.14. The standard InChI is InChI=1S/C15H12N4/c1-2-10(1)3-4-11-5-6-13(14-9-17-19-18-14)15-12(11)7-8-16-15/h5-10,16H,1-2H2,(H,17,18,19). The highest BCUT2D eigenvalue weighted by Crippen LogP contribution is 2.30. The largest absolute Gasteiger partial charge is 0.361 e. The molecular weight excluding hydrogens is 236 g/mol. The lowest BCUT2D eigenvalue weighted by Crippen LogP contribution is -1.84. The van der Waals surface area contributed by atoms with E-state index in [1.165, 1.54) is 12.8 Å². The molecule has 2 aromatic heterocycles. The van der Waals surface area contributed by atoms with Crippen LogP contribution in [0, 0.1) is 17.8 Å². The summed E-state index contributed by atoms with van der Waals surface area (Å²) in [6, 6.07) is 6.18. The lowest BCUT2D eigenvalue weighted by molar-refractivity contribution is 0.942. The number of rotatable bonds is 1. The van der Waals surface area contributed by atoms with Crippen LogP contribution >= 0.6 is 0 Å². The first-order chi connectivity index (χ1) is 9.42. The first kappa shape index (κ1) is 10.4. The topological polar surface area (TPSA) is 57.4 Å². The zero-order valence-electron chi connectivity index (χ0n) is 10.3. The third kappa shape index (κ3) is 1.80. The molecule has 0 bridgehead atoms. The Morgan fingerprint density at radius 1 is 1.21 bits per heavy atom. The minimum Gasteiger partial charge on any atom is -0.361 e. The molecule has 0 radical (unpaired) electrons. The predicted molar refractivity (Wildman–Crippen MR) is 73.3 cm³/mol. The van der Waals surface area contributed by atoms with Crippen LogP contribution in [0.5, 0.6) is 0 Å². The van der Waals surface area contributed by atoms with Crippen molar-refractivity contribution in [3.8, 4) is 23.1 Å². The van der Waals surface area contributed by atoms with Gasteiger partial charge in [0.05, 0.1) is 11.7 Å². The van der Waals surface area contributed by atoms with Crippen molar-refractivity contribution in [1.29, 1.82) is 0 Å². The number of benzene rings is 1. The lowest BCUT2D eigenvalue weighted by Gasteiger charge is -2.01. The normalized spacial score (nSPS) is 14.3. The van der Waals surface area contributed by atoms with Crippen LogP contribution in [0.1, 0.15) is 18.4 Å². The molecule has 1 aliphatic carbocycles. The van der Waals surface area contributed by atoms with Crippen LogP contribution < -0.4 is 0 Å². The first-order valence-corrected chi connectivity index (χ1v) is 6.39. The number of hydrogen-bond acceptors (Lipinski definition) is 2. The van der Waals surface area contributed by atoms with E-state index in [1.807, 2.05) is 12.3 Å². The summed E-state index contributed by atoms with van der Waals surface area (Å²) >= 11 is 0. The van der Waals surface area contributed by atoms with E-state index in [2.05, 4.69) is 44.4 Å². The van der Waals surface area contributed by atoms with E-state index >= 15 is 0 Å². The number of hydrogen-bond donors (Lipinski definition) is 2. The molecule has 1 saturated carbocycles. The number of nitrogens with zero attached hydrogens (tertiary/aromatic N) is 2. The third-order valence-corrected chi connectivity index (χ3v) is 3.40. The fraction of sp³-hybridized carbons (Fsp3) is 0.200. The van der Waals surface area contributed by atoms with Gasteiger partial charge in [-0.15, -0.1) is 0 Å². The van der Waals surface area contributed by atoms with Crippen LogP contribution in [0.4, 0.5) is 0 Å². The molecule has 0 aliphatic heterocycles. The summed E-state index contributed by atoms with van der Waals surface area (Å²) in [5, 5.41) is 11.8. The van der Waals surface area contributed by atoms with E-state index in [0.717, 1.165) is 27.7 Å². The average molecular weight is 248 g/mol. The van der Waals surface area contributed by atoms with Crippen LogP contribution in [0.25, 0.3) is 22.2 Å². The van der Waals surface area contributed by atoms with E-state index in [1.54, 1.807) is 6.20 Å². The van der Waals surface area contributed by atoms with Gasteiger partial charge in [0.2, 0.25) is 0 Å². The first-order valence-electron chi connectivity index (χ1n) is 6.39. The van der Waals surface area contributed by atoms with E-state index in [9.17, 15) is 0 Å². The molecule has 2 N–H and O–H groups in total. The highest BCUT2D eigenvalue weighted by Gasteiger charge is 2.18. The zero-order chi connectivity index (χ0) is 12.7. The Hall–Kier alpha value is -2.54. The van der Waals surface area contributed by atoms with Gasteiger partial charge >= 0.3 is 0 Å². The smallest absolute Gasteiger partial charge is 0.114 e. The second kappa shape index (κ2) is 3.99. The SMILES string of the molecule is C(#CC1CC1)c1ccc(-c2cn[nH]n2)c2[nH]ccc12. The molecule has 4 rings (SSSR count). The monoisotopic (exact) mass is 248 g/mol. The summed E-state index contributed by atoms with van der Waals surface area (Å²) in [6.45, 7) is 0. The van der Waals surface area contributed by atoms with E-state index in [0.29, 0.717) is 5.92 Å². The number of nitrogens with one attached hydrogen (secondary N) is 2. The van der Waals surface area contributed by atoms with Gasteiger partial charge in [-0.05, 0) is 31.0 Å². The van der Waals surface area contributed by atoms with Crippen LogP contribution in [-0.2, 0) is 0 Å². The summed E-state index contributed by atoms with van der Waals surface area (Å²) in [4.78, 5) is 3.27. The lowest BCUT2D eigenvalue weighted by atomic mass is 10.0. The minimum atomic E-state index is 0.615. The number of H-pyrrole nitrogens is 2. The second-order valence-electron chi connectivity index (χ2n) is 4.83. The molecular formula is C15H12N4. The zero-order valence-corrected chi connectivity index (χ0v) is 10.3. The van der Waals surface area contributed by atoms with Gasteiger partial charge < -0.3 is 4.98 Å². The Morgan fingerprint density at radius 2 is 2.16 bits per heavy atom. The van der Waals surface area contributed by atoms with Crippen molar-refractivity contribution in [2.24, 2.45) is 5.92 Å². The fourth-order valence-corrected chi connectivity index (χ4v) is 2.22. The minimum absolute atomic E-state index is 0.615. The van der Waals surface area contributed by atoms with Crippen molar-refractivity contribution < 1.29 is 0 Å². The molecule has 4 nitrogen and oxygen atoms in total. The number of aromatic amines is 2. The third-order valence-electron chi connectivity index (χ3n) is 3.40. The predicted octanol–water partition coefficient (Wildman–Crippen LogP) is 2.71. The Bertz CT molecular complexity index is 783. The van der Waals surface area contributed by atoms with Crippen molar-refractivity contribution in [1.82, 2.24) is 20.4 Å². The number of fused-ring (bicyclic) bond motifs is 1. The van der Waals surface area contributed by atoms with Gasteiger partial charge in [-0.1, -0.05) is 11.8 Å². The molecule has 0 saturated heterocycles. The summed E-state index contributed by atoms with van der Waals surface area (Å²) < 4.78 is 0. The molecule has 92 valence electrons. The van der Waals surface area contributed by atoms with Gasteiger partial charge in [0, 0.05) is 28.6 Å². The molecule has 1 fully saturated rings. The molecule has 4 heteroatoms. The second-order valence-corrected chi connectivity index (χ2v) is 4.83. The summed E-state index contributed by atoms with van der Waals surface area (Å²) in [7, 11) is 0. The maximum Gasteiger partial charge on any atom is 0.114 e. The Morgan fingerprint density at radius 3 is 2.95 bits per heavy atom. The highest BCUT2D eigenvalue weighted by atomic mass is 15.3. The van der Waals surface area contributed by atoms with Gasteiger partial charge in [0.1, 0.15) is 5.69 Å². The van der Waals surface area contributed by atoms with Crippen LogP contribution in [0.3, 0.4) is 0 Å². The summed E-state index contributed by atoms with van der Waals surface area (Å²) in [6.07, 6.45) is 6.17. The van der Waals surface area contributed by atoms with Gasteiger partial charge in [-0.2, -0.15) is 15.4 Å². The molecule has 19 heavy (non-hydrogen) atoms. The summed E-state index contributed by atoms with van der Waals surface area (Å²) in [5.74, 6) is 7.22. The molecule has 0 atom stereocenters. The van der Waals surface area contributed by atoms with Crippen LogP contribution in [0.2, 0.25) is 0 Å². The van der Waals surface area contributed by atoms with Crippen molar-refractivity contribution in [3.05, 3.63) is 36.2 Å².